The first-order valence-electron chi connectivity index (χ1n) is 8.67. The van der Waals surface area contributed by atoms with E-state index >= 15 is 0 Å². The van der Waals surface area contributed by atoms with Crippen molar-refractivity contribution in [3.63, 3.8) is 0 Å². The van der Waals surface area contributed by atoms with E-state index in [0.29, 0.717) is 23.8 Å². The van der Waals surface area contributed by atoms with E-state index in [1.807, 2.05) is 61.5 Å². The lowest BCUT2D eigenvalue weighted by molar-refractivity contribution is 0.334. The van der Waals surface area contributed by atoms with Gasteiger partial charge in [0.1, 0.15) is 17.4 Å². The number of hydrogen-bond donors (Lipinski definition) is 2. The molecule has 1 aliphatic rings. The molecule has 0 saturated carbocycles. The number of rotatable bonds is 4. The predicted octanol–water partition coefficient (Wildman–Crippen LogP) is 3.69. The maximum atomic E-state index is 9.80. The molecule has 1 atom stereocenters. The maximum Gasteiger partial charge on any atom is 0.244 e. The molecule has 3 aromatic rings. The van der Waals surface area contributed by atoms with Gasteiger partial charge in [-0.3, -0.25) is 5.10 Å². The number of nitrogens with one attached hydrogen (secondary N) is 1. The molecule has 2 heterocycles. The number of nitrogens with two attached hydrogens (primary N) is 1. The van der Waals surface area contributed by atoms with Crippen LogP contribution in [-0.2, 0) is 0 Å². The van der Waals surface area contributed by atoms with Crippen molar-refractivity contribution in [2.24, 2.45) is 5.73 Å². The second-order valence-electron chi connectivity index (χ2n) is 6.08. The fourth-order valence-electron chi connectivity index (χ4n) is 3.39. The number of ether oxygens (including phenoxy) is 2. The van der Waals surface area contributed by atoms with Gasteiger partial charge in [-0.15, -0.1) is 5.10 Å². The van der Waals surface area contributed by atoms with E-state index in [1.54, 1.807) is 0 Å². The van der Waals surface area contributed by atoms with Crippen LogP contribution in [0.1, 0.15) is 24.0 Å². The van der Waals surface area contributed by atoms with Crippen LogP contribution < -0.4 is 15.2 Å². The average molecular weight is 358 g/mol. The molecule has 0 saturated heterocycles. The van der Waals surface area contributed by atoms with Gasteiger partial charge in [0, 0.05) is 5.56 Å². The molecule has 2 aromatic carbocycles. The minimum Gasteiger partial charge on any atom is -0.494 e. The van der Waals surface area contributed by atoms with E-state index in [1.165, 1.54) is 0 Å². The highest BCUT2D eigenvalue weighted by molar-refractivity contribution is 5.71. The largest absolute Gasteiger partial charge is 0.494 e. The van der Waals surface area contributed by atoms with Gasteiger partial charge in [0.15, 0.2) is 0 Å². The van der Waals surface area contributed by atoms with Gasteiger partial charge in [-0.1, -0.05) is 48.5 Å². The molecule has 0 spiro atoms. The highest BCUT2D eigenvalue weighted by atomic mass is 16.5. The van der Waals surface area contributed by atoms with E-state index in [-0.39, 0.29) is 5.88 Å². The molecule has 6 heteroatoms. The standard InChI is InChI=1S/C21H18N4O2/c1-2-26-16-11-7-6-10-14(16)17-15(12-22)20(23)27-21-18(17)19(24-25-21)13-8-4-3-5-9-13/h3-11,17H,2,23H2,1H3,(H,24,25)/t17-/m0/s1. The summed E-state index contributed by atoms with van der Waals surface area (Å²) in [7, 11) is 0. The number of aromatic nitrogens is 2. The van der Waals surface area contributed by atoms with Gasteiger partial charge in [-0.2, -0.15) is 5.26 Å². The molecular formula is C21H18N4O2. The second-order valence-corrected chi connectivity index (χ2v) is 6.08. The van der Waals surface area contributed by atoms with Crippen LogP contribution in [-0.4, -0.2) is 16.8 Å². The van der Waals surface area contributed by atoms with Gasteiger partial charge >= 0.3 is 0 Å². The number of aromatic amines is 1. The number of nitriles is 1. The number of benzene rings is 2. The van der Waals surface area contributed by atoms with Crippen LogP contribution in [0.4, 0.5) is 0 Å². The van der Waals surface area contributed by atoms with Gasteiger partial charge in [-0.25, -0.2) is 0 Å². The van der Waals surface area contributed by atoms with Crippen molar-refractivity contribution in [1.82, 2.24) is 10.2 Å². The summed E-state index contributed by atoms with van der Waals surface area (Å²) in [4.78, 5) is 0. The zero-order chi connectivity index (χ0) is 18.8. The second kappa shape index (κ2) is 6.89. The Kier molecular flexibility index (Phi) is 4.27. The van der Waals surface area contributed by atoms with Gasteiger partial charge in [0.05, 0.1) is 23.8 Å². The summed E-state index contributed by atoms with van der Waals surface area (Å²) >= 11 is 0. The zero-order valence-corrected chi connectivity index (χ0v) is 14.8. The van der Waals surface area contributed by atoms with Crippen LogP contribution >= 0.6 is 0 Å². The molecule has 6 nitrogen and oxygen atoms in total. The van der Waals surface area contributed by atoms with Crippen molar-refractivity contribution in [3.05, 3.63) is 77.2 Å². The summed E-state index contributed by atoms with van der Waals surface area (Å²) in [5.74, 6) is 0.711. The number of H-pyrrole nitrogens is 1. The predicted molar refractivity (Wildman–Crippen MR) is 101 cm³/mol. The number of para-hydroxylation sites is 1. The maximum absolute atomic E-state index is 9.80. The first kappa shape index (κ1) is 16.7. The first-order valence-corrected chi connectivity index (χ1v) is 8.67. The highest BCUT2D eigenvalue weighted by Gasteiger charge is 2.36. The average Bonchev–Trinajstić information content (AvgIpc) is 3.12. The van der Waals surface area contributed by atoms with Crippen molar-refractivity contribution < 1.29 is 9.47 Å². The highest BCUT2D eigenvalue weighted by Crippen LogP contribution is 2.47. The Morgan fingerprint density at radius 1 is 1.19 bits per heavy atom. The Morgan fingerprint density at radius 3 is 2.67 bits per heavy atom. The Labute approximate surface area is 156 Å². The van der Waals surface area contributed by atoms with Gasteiger partial charge < -0.3 is 15.2 Å². The SMILES string of the molecule is CCOc1ccccc1[C@H]1C(C#N)=C(N)Oc2n[nH]c(-c3ccccc3)c21. The van der Waals surface area contributed by atoms with Crippen LogP contribution in [0.5, 0.6) is 11.6 Å². The van der Waals surface area contributed by atoms with Gasteiger partial charge in [-0.05, 0) is 18.6 Å². The molecule has 0 amide bonds. The van der Waals surface area contributed by atoms with Gasteiger partial charge in [0.25, 0.3) is 0 Å². The molecule has 4 rings (SSSR count). The first-order chi connectivity index (χ1) is 13.2. The molecule has 0 fully saturated rings. The number of fused-ring (bicyclic) bond motifs is 1. The number of hydrogen-bond acceptors (Lipinski definition) is 5. The van der Waals surface area contributed by atoms with Crippen LogP contribution in [0.3, 0.4) is 0 Å². The minimum atomic E-state index is -0.435. The molecule has 0 radical (unpaired) electrons. The fourth-order valence-corrected chi connectivity index (χ4v) is 3.39. The molecule has 134 valence electrons. The topological polar surface area (TPSA) is 96.9 Å². The van der Waals surface area contributed by atoms with Crippen molar-refractivity contribution in [2.75, 3.05) is 6.61 Å². The summed E-state index contributed by atoms with van der Waals surface area (Å²) in [6.07, 6.45) is 0. The van der Waals surface area contributed by atoms with Crippen molar-refractivity contribution in [2.45, 2.75) is 12.8 Å². The molecule has 0 aliphatic carbocycles. The van der Waals surface area contributed by atoms with E-state index in [0.717, 1.165) is 22.4 Å². The number of allylic oxidation sites excluding steroid dienone is 1. The lowest BCUT2D eigenvalue weighted by Gasteiger charge is -2.25. The molecule has 1 aromatic heterocycles. The van der Waals surface area contributed by atoms with Crippen LogP contribution in [0.15, 0.2) is 66.1 Å². The Hall–Kier alpha value is -3.72. The minimum absolute atomic E-state index is 0.0624. The summed E-state index contributed by atoms with van der Waals surface area (Å²) in [6, 6.07) is 19.7. The molecule has 3 N–H and O–H groups in total. The Morgan fingerprint density at radius 2 is 1.93 bits per heavy atom. The molecular weight excluding hydrogens is 340 g/mol. The van der Waals surface area contributed by atoms with E-state index in [9.17, 15) is 5.26 Å². The molecule has 27 heavy (non-hydrogen) atoms. The molecule has 0 bridgehead atoms. The molecule has 1 aliphatic heterocycles. The van der Waals surface area contributed by atoms with E-state index in [4.69, 9.17) is 15.2 Å². The lowest BCUT2D eigenvalue weighted by Crippen LogP contribution is -2.21. The normalized spacial score (nSPS) is 15.6. The van der Waals surface area contributed by atoms with Crippen molar-refractivity contribution in [3.8, 4) is 29.0 Å². The third kappa shape index (κ3) is 2.79. The van der Waals surface area contributed by atoms with Crippen LogP contribution in [0, 0.1) is 11.3 Å². The summed E-state index contributed by atoms with van der Waals surface area (Å²) < 4.78 is 11.5. The Bertz CT molecular complexity index is 1050. The van der Waals surface area contributed by atoms with Crippen LogP contribution in [0.2, 0.25) is 0 Å². The summed E-state index contributed by atoms with van der Waals surface area (Å²) in [5, 5.41) is 17.1. The summed E-state index contributed by atoms with van der Waals surface area (Å²) in [5.41, 5.74) is 9.76. The number of nitrogens with zero attached hydrogens (tertiary/aromatic N) is 2. The smallest absolute Gasteiger partial charge is 0.244 e. The zero-order valence-electron chi connectivity index (χ0n) is 14.8. The molecule has 0 unspecified atom stereocenters. The van der Waals surface area contributed by atoms with Crippen molar-refractivity contribution in [1.29, 1.82) is 5.26 Å². The van der Waals surface area contributed by atoms with Gasteiger partial charge in [0.2, 0.25) is 11.8 Å². The monoisotopic (exact) mass is 358 g/mol. The van der Waals surface area contributed by atoms with Crippen molar-refractivity contribution >= 4 is 0 Å². The van der Waals surface area contributed by atoms with Crippen LogP contribution in [0.25, 0.3) is 11.3 Å². The summed E-state index contributed by atoms with van der Waals surface area (Å²) in [6.45, 7) is 2.44. The lowest BCUT2D eigenvalue weighted by atomic mass is 9.82. The van der Waals surface area contributed by atoms with E-state index in [2.05, 4.69) is 16.3 Å². The third-order valence-electron chi connectivity index (χ3n) is 4.53. The third-order valence-corrected chi connectivity index (χ3v) is 4.53. The fraction of sp³-hybridized carbons (Fsp3) is 0.143. The Balaban J connectivity index is 1.97. The quantitative estimate of drug-likeness (QED) is 0.741. The van der Waals surface area contributed by atoms with E-state index < -0.39 is 5.92 Å².